The van der Waals surface area contributed by atoms with E-state index in [9.17, 15) is 29.3 Å². The van der Waals surface area contributed by atoms with Crippen molar-refractivity contribution >= 4 is 47.7 Å². The summed E-state index contributed by atoms with van der Waals surface area (Å²) in [5, 5.41) is 19.4. The highest BCUT2D eigenvalue weighted by Crippen LogP contribution is 2.50. The zero-order valence-electron chi connectivity index (χ0n) is 43.1. The number of Topliss-reactive ketones (excluding diaryl/α,β-unsaturated/α-hetero) is 2. The molecule has 1 N–H and O–H groups in total. The predicted molar refractivity (Wildman–Crippen MR) is 316 cm³/mol. The predicted octanol–water partition coefficient (Wildman–Crippen LogP) is 16.5. The maximum absolute atomic E-state index is 11.8. The van der Waals surface area contributed by atoms with E-state index in [0.29, 0.717) is 22.3 Å². The summed E-state index contributed by atoms with van der Waals surface area (Å²) in [6, 6.07) is 94.1. The van der Waals surface area contributed by atoms with Gasteiger partial charge in [-0.3, -0.25) is 24.5 Å². The van der Waals surface area contributed by atoms with Crippen molar-refractivity contribution in [2.75, 3.05) is 0 Å². The maximum atomic E-state index is 11.8. The van der Waals surface area contributed by atoms with E-state index in [1.54, 1.807) is 121 Å². The van der Waals surface area contributed by atoms with Crippen molar-refractivity contribution in [3.8, 4) is 0 Å². The van der Waals surface area contributed by atoms with Crippen LogP contribution in [0.25, 0.3) is 23.9 Å². The summed E-state index contributed by atoms with van der Waals surface area (Å²) in [4.78, 5) is 54.5. The Morgan fingerprint density at radius 2 is 0.633 bits per heavy atom. The van der Waals surface area contributed by atoms with Gasteiger partial charge in [0.1, 0.15) is 18.5 Å². The number of carboxylic acids is 1. The molecule has 1 fully saturated rings. The van der Waals surface area contributed by atoms with Gasteiger partial charge in [-0.15, -0.1) is 0 Å². The van der Waals surface area contributed by atoms with Gasteiger partial charge in [0.15, 0.2) is 0 Å². The number of epoxide rings is 1. The second kappa shape index (κ2) is 32.7. The lowest BCUT2D eigenvalue weighted by Gasteiger charge is -1.99. The van der Waals surface area contributed by atoms with Gasteiger partial charge in [-0.05, 0) is 52.1 Å². The molecule has 0 radical (unpaired) electrons. The number of ether oxygens (including phenoxy) is 1. The fraction of sp³-hybridized carbons (Fsp3) is 0.0286. The molecule has 0 spiro atoms. The molecule has 390 valence electrons. The fourth-order valence-electron chi connectivity index (χ4n) is 7.34. The molecule has 10 aromatic carbocycles. The Bertz CT molecular complexity index is 3290. The lowest BCUT2D eigenvalue weighted by molar-refractivity contribution is -0.374. The number of carboxylic acid groups (broad SMARTS) is 1. The van der Waals surface area contributed by atoms with Crippen LogP contribution in [0, 0.1) is 10.1 Å². The second-order valence-electron chi connectivity index (χ2n) is 17.1. The summed E-state index contributed by atoms with van der Waals surface area (Å²) in [5.41, 5.74) is 8.46. The molecule has 2 atom stereocenters. The zero-order chi connectivity index (χ0) is 55.7. The molecule has 9 heteroatoms. The maximum Gasteiger partial charge on any atom is 0.335 e. The van der Waals surface area contributed by atoms with Crippen molar-refractivity contribution in [3.63, 3.8) is 0 Å². The average molecular weight is 1040 g/mol. The first-order chi connectivity index (χ1) is 38.7. The Morgan fingerprint density at radius 1 is 0.367 bits per heavy atom. The molecule has 10 aromatic rings. The normalized spacial score (nSPS) is 12.6. The quantitative estimate of drug-likeness (QED) is 0.0242. The number of benzene rings is 10. The van der Waals surface area contributed by atoms with Gasteiger partial charge in [0.05, 0.1) is 16.1 Å². The molecule has 79 heavy (non-hydrogen) atoms. The van der Waals surface area contributed by atoms with Gasteiger partial charge in [0, 0.05) is 22.8 Å². The van der Waals surface area contributed by atoms with Crippen LogP contribution in [0.15, 0.2) is 303 Å². The van der Waals surface area contributed by atoms with Crippen LogP contribution in [0.5, 0.6) is 0 Å². The van der Waals surface area contributed by atoms with Crippen LogP contribution < -0.4 is 0 Å². The summed E-state index contributed by atoms with van der Waals surface area (Å²) in [5.74, 6) is -1.81. The van der Waals surface area contributed by atoms with Gasteiger partial charge in [-0.2, -0.15) is 0 Å². The Labute approximate surface area is 460 Å². The zero-order valence-corrected chi connectivity index (χ0v) is 43.1. The third-order valence-electron chi connectivity index (χ3n) is 11.4. The Hall–Kier alpha value is -10.5. The molecule has 2 unspecified atom stereocenters. The van der Waals surface area contributed by atoms with E-state index in [1.807, 2.05) is 115 Å². The number of aromatic carboxylic acids is 1. The molecule has 0 amide bonds. The van der Waals surface area contributed by atoms with Gasteiger partial charge < -0.3 is 9.84 Å². The number of carbonyl (C=O) groups is 4. The number of hydrogen-bond acceptors (Lipinski definition) is 7. The van der Waals surface area contributed by atoms with Crippen molar-refractivity contribution in [3.05, 3.63) is 369 Å². The van der Waals surface area contributed by atoms with Crippen LogP contribution in [0.3, 0.4) is 0 Å². The molecule has 0 saturated carbocycles. The summed E-state index contributed by atoms with van der Waals surface area (Å²) < 4.78 is 5.69. The molecule has 1 aliphatic rings. The summed E-state index contributed by atoms with van der Waals surface area (Å²) in [6.07, 6.45) is 7.17. The smallest absolute Gasteiger partial charge is 0.335 e. The highest BCUT2D eigenvalue weighted by atomic mass is 16.6. The van der Waals surface area contributed by atoms with E-state index in [0.717, 1.165) is 17.4 Å². The van der Waals surface area contributed by atoms with Gasteiger partial charge in [-0.1, -0.05) is 291 Å². The number of nitro groups is 1. The van der Waals surface area contributed by atoms with Crippen molar-refractivity contribution in [1.29, 1.82) is 0 Å². The highest BCUT2D eigenvalue weighted by molar-refractivity contribution is 6.49. The molecule has 0 aliphatic carbocycles. The summed E-state index contributed by atoms with van der Waals surface area (Å²) in [7, 11) is 0. The third-order valence-corrected chi connectivity index (χ3v) is 11.4. The first kappa shape index (κ1) is 57.8. The average Bonchev–Trinajstić information content (AvgIpc) is 4.43. The molecule has 9 nitrogen and oxygen atoms in total. The minimum Gasteiger partial charge on any atom is -0.478 e. The number of rotatable bonds is 12. The molecule has 1 heterocycles. The minimum atomic E-state index is -0.879. The number of carbonyl (C=O) groups excluding carboxylic acids is 3. The topological polar surface area (TPSA) is 144 Å². The van der Waals surface area contributed by atoms with E-state index in [-0.39, 0.29) is 22.8 Å². The van der Waals surface area contributed by atoms with Gasteiger partial charge in [-0.25, -0.2) is 4.79 Å². The van der Waals surface area contributed by atoms with Crippen LogP contribution in [-0.4, -0.2) is 33.9 Å². The van der Waals surface area contributed by atoms with Crippen LogP contribution in [0.2, 0.25) is 0 Å². The van der Waals surface area contributed by atoms with Crippen molar-refractivity contribution in [2.24, 2.45) is 0 Å². The van der Waals surface area contributed by atoms with Gasteiger partial charge >= 0.3 is 5.97 Å². The Balaban J connectivity index is 0.000000156. The molecule has 0 aromatic heterocycles. The van der Waals surface area contributed by atoms with Gasteiger partial charge in [0.2, 0.25) is 11.6 Å². The van der Waals surface area contributed by atoms with Crippen LogP contribution in [0.1, 0.15) is 87.0 Å². The number of nitrogens with zero attached hydrogens (tertiary/aromatic N) is 1. The van der Waals surface area contributed by atoms with Crippen molar-refractivity contribution in [2.45, 2.75) is 12.2 Å². The second-order valence-corrected chi connectivity index (χ2v) is 17.1. The minimum absolute atomic E-state index is 0.108. The van der Waals surface area contributed by atoms with Crippen molar-refractivity contribution in [1.82, 2.24) is 0 Å². The summed E-state index contributed by atoms with van der Waals surface area (Å²) >= 11 is 0. The Morgan fingerprint density at radius 3 is 0.911 bits per heavy atom. The van der Waals surface area contributed by atoms with E-state index in [2.05, 4.69) is 84.9 Å². The third kappa shape index (κ3) is 20.6. The van der Waals surface area contributed by atoms with Gasteiger partial charge in [0.25, 0.3) is 5.70 Å². The molecular weight excluding hydrogens is 983 g/mol. The molecule has 0 bridgehead atoms. The lowest BCUT2D eigenvalue weighted by Crippen LogP contribution is -2.14. The molecule has 1 aliphatic heterocycles. The van der Waals surface area contributed by atoms with E-state index in [4.69, 9.17) is 9.84 Å². The molecular formula is C70H57NO8. The number of aldehydes is 1. The number of ketones is 2. The lowest BCUT2D eigenvalue weighted by atomic mass is 10.0. The first-order valence-corrected chi connectivity index (χ1v) is 25.2. The van der Waals surface area contributed by atoms with Crippen molar-refractivity contribution < 1.29 is 33.9 Å². The number of hydrogen-bond donors (Lipinski definition) is 1. The largest absolute Gasteiger partial charge is 0.478 e. The monoisotopic (exact) mass is 1040 g/mol. The van der Waals surface area contributed by atoms with Crippen LogP contribution >= 0.6 is 0 Å². The van der Waals surface area contributed by atoms with Crippen LogP contribution in [-0.2, 0) is 4.74 Å². The van der Waals surface area contributed by atoms with E-state index < -0.39 is 17.5 Å². The first-order valence-electron chi connectivity index (χ1n) is 25.2. The van der Waals surface area contributed by atoms with Crippen LogP contribution in [0.4, 0.5) is 0 Å². The highest BCUT2D eigenvalue weighted by Gasteiger charge is 2.41. The summed E-state index contributed by atoms with van der Waals surface area (Å²) in [6.45, 7) is 0. The molecule has 1 saturated heterocycles. The standard InChI is InChI=1S/C14H11NO2.C14H10O2.C14H12O.C14H12.C7H6O2.C7H6O/c16-15(17)14(13-9-5-2-6-10-13)11-12-7-3-1-4-8-12;15-13(11-7-3-1-4-8-11)14(16)12-9-5-2-6-10-12;1-3-7-11(8-4-1)13-14(15-13)12-9-5-2-6-10-12;1-3-7-13(8-4-1)11-12-14-9-5-2-6-10-14;8-7(9)6-4-2-1-3-5-6;8-6-7-4-2-1-3-5-7/h1-11H;1-10H;1-10,13-14H;1-12H;1-5H,(H,8,9);1-6H/b14-11-;;;12-11+;;. The van der Waals surface area contributed by atoms with E-state index >= 15 is 0 Å². The molecule has 11 rings (SSSR count). The Kier molecular flexibility index (Phi) is 24.0. The van der Waals surface area contributed by atoms with E-state index in [1.165, 1.54) is 22.3 Å². The SMILES string of the molecule is C(=C\c1ccccc1)/c1ccccc1.O=C(C(=O)c1ccccc1)c1ccccc1.O=C(O)c1ccccc1.O=Cc1ccccc1.O=[N+]([O-])/C(=C\c1ccccc1)c1ccccc1.c1ccc(C2OC2c2ccccc2)cc1. The fourth-order valence-corrected chi connectivity index (χ4v) is 7.34.